The molecule has 0 radical (unpaired) electrons. The van der Waals surface area contributed by atoms with Gasteiger partial charge in [-0.1, -0.05) is 71.8 Å². The van der Waals surface area contributed by atoms with Crippen LogP contribution < -0.4 is 9.46 Å². The number of aromatic nitrogens is 2. The molecule has 1 atom stereocenters. The van der Waals surface area contributed by atoms with Crippen molar-refractivity contribution in [2.24, 2.45) is 0 Å². The highest BCUT2D eigenvalue weighted by molar-refractivity contribution is 7.92. The molecule has 0 aliphatic carbocycles. The van der Waals surface area contributed by atoms with E-state index in [1.54, 1.807) is 53.2 Å². The number of anilines is 1. The van der Waals surface area contributed by atoms with Gasteiger partial charge in [-0.25, -0.2) is 13.1 Å². The van der Waals surface area contributed by atoms with Gasteiger partial charge in [-0.15, -0.1) is 0 Å². The third kappa shape index (κ3) is 5.59. The summed E-state index contributed by atoms with van der Waals surface area (Å²) < 4.78 is 44.2. The molecule has 8 nitrogen and oxygen atoms in total. The number of sulfonamides is 1. The van der Waals surface area contributed by atoms with E-state index in [1.807, 2.05) is 68.4 Å². The zero-order chi connectivity index (χ0) is 31.0. The molecule has 6 aromatic rings. The molecule has 2 heterocycles. The largest absolute Gasteiger partial charge is 0.458 e. The molecular weight excluding hydrogens is 598 g/mol. The number of hydrogen-bond acceptors (Lipinski definition) is 6. The fourth-order valence-corrected chi connectivity index (χ4v) is 6.43. The average molecular weight is 626 g/mol. The monoisotopic (exact) mass is 625 g/mol. The van der Waals surface area contributed by atoms with E-state index in [1.165, 1.54) is 6.92 Å². The summed E-state index contributed by atoms with van der Waals surface area (Å²) in [7, 11) is -4.03. The molecule has 0 bridgehead atoms. The minimum absolute atomic E-state index is 0.107. The van der Waals surface area contributed by atoms with Crippen LogP contribution in [0.4, 0.5) is 5.69 Å². The lowest BCUT2D eigenvalue weighted by Gasteiger charge is -2.20. The minimum Gasteiger partial charge on any atom is -0.458 e. The van der Waals surface area contributed by atoms with Gasteiger partial charge in [-0.05, 0) is 67.9 Å². The zero-order valence-corrected chi connectivity index (χ0v) is 25.7. The van der Waals surface area contributed by atoms with E-state index < -0.39 is 21.9 Å². The topological polar surface area (TPSA) is 103 Å². The summed E-state index contributed by atoms with van der Waals surface area (Å²) in [5.74, 6) is -0.812. The van der Waals surface area contributed by atoms with Crippen LogP contribution in [0.3, 0.4) is 0 Å². The van der Waals surface area contributed by atoms with Crippen LogP contribution in [0.1, 0.15) is 41.0 Å². The molecule has 2 aromatic heterocycles. The number of aryl methyl sites for hydroxylation is 2. The summed E-state index contributed by atoms with van der Waals surface area (Å²) in [6.45, 7) is 5.02. The van der Waals surface area contributed by atoms with Gasteiger partial charge in [0.2, 0.25) is 5.88 Å². The van der Waals surface area contributed by atoms with E-state index in [9.17, 15) is 13.2 Å². The van der Waals surface area contributed by atoms with Crippen molar-refractivity contribution in [3.8, 4) is 11.6 Å². The van der Waals surface area contributed by atoms with Gasteiger partial charge < -0.3 is 9.15 Å². The fourth-order valence-electron chi connectivity index (χ4n) is 5.22. The number of nitrogens with zero attached hydrogens (tertiary/aromatic N) is 2. The molecule has 1 unspecified atom stereocenters. The summed E-state index contributed by atoms with van der Waals surface area (Å²) in [6, 6.07) is 30.2. The predicted octanol–water partition coefficient (Wildman–Crippen LogP) is 7.80. The Balaban J connectivity index is 1.63. The number of nitrogens with one attached hydrogen (secondary N) is 1. The number of para-hydroxylation sites is 2. The van der Waals surface area contributed by atoms with Crippen molar-refractivity contribution in [3.05, 3.63) is 136 Å². The Morgan fingerprint density at radius 2 is 1.57 bits per heavy atom. The summed E-state index contributed by atoms with van der Waals surface area (Å²) in [5, 5.41) is 5.86. The molecule has 0 spiro atoms. The molecule has 4 aromatic carbocycles. The zero-order valence-electron chi connectivity index (χ0n) is 24.1. The summed E-state index contributed by atoms with van der Waals surface area (Å²) >= 11 is 6.28. The first kappa shape index (κ1) is 29.2. The Kier molecular flexibility index (Phi) is 7.75. The van der Waals surface area contributed by atoms with Crippen LogP contribution in [-0.2, 0) is 14.8 Å². The second-order valence-corrected chi connectivity index (χ2v) is 12.5. The van der Waals surface area contributed by atoms with Crippen molar-refractivity contribution in [1.29, 1.82) is 0 Å². The molecule has 0 saturated heterocycles. The van der Waals surface area contributed by atoms with Crippen LogP contribution >= 0.6 is 11.6 Å². The second-order valence-electron chi connectivity index (χ2n) is 10.4. The van der Waals surface area contributed by atoms with Crippen molar-refractivity contribution in [1.82, 2.24) is 9.78 Å². The van der Waals surface area contributed by atoms with Crippen molar-refractivity contribution in [2.75, 3.05) is 4.72 Å². The highest BCUT2D eigenvalue weighted by Gasteiger charge is 2.35. The molecule has 222 valence electrons. The van der Waals surface area contributed by atoms with Gasteiger partial charge in [0.05, 0.1) is 33.4 Å². The Morgan fingerprint density at radius 3 is 2.25 bits per heavy atom. The van der Waals surface area contributed by atoms with Crippen LogP contribution in [0.5, 0.6) is 5.88 Å². The normalized spacial score (nSPS) is 12.3. The number of benzene rings is 4. The van der Waals surface area contributed by atoms with Gasteiger partial charge in [-0.2, -0.15) is 5.10 Å². The smallest absolute Gasteiger partial charge is 0.309 e. The molecule has 0 saturated carbocycles. The lowest BCUT2D eigenvalue weighted by atomic mass is 9.88. The standard InChI is InChI=1S/C34H28ClN3O5S/c1-21-13-19-27(20-14-21)44(40,41)37-32-28-11-7-8-12-29(28)43-33(32)31(24-15-17-25(35)18-16-24)30-22(2)36-38(34(30)42-23(3)39)26-9-5-4-6-10-26/h4-20,31,37H,1-3H3. The van der Waals surface area contributed by atoms with Crippen LogP contribution in [0.2, 0.25) is 5.02 Å². The molecule has 1 N–H and O–H groups in total. The number of hydrogen-bond donors (Lipinski definition) is 1. The third-order valence-electron chi connectivity index (χ3n) is 7.25. The molecule has 0 aliphatic heterocycles. The summed E-state index contributed by atoms with van der Waals surface area (Å²) in [5.41, 5.74) is 4.15. The maximum atomic E-state index is 13.8. The number of carbonyl (C=O) groups excluding carboxylic acids is 1. The Bertz CT molecular complexity index is 2090. The van der Waals surface area contributed by atoms with Crippen LogP contribution in [-0.4, -0.2) is 24.2 Å². The Morgan fingerprint density at radius 1 is 0.909 bits per heavy atom. The Labute approximate surface area is 259 Å². The van der Waals surface area contributed by atoms with E-state index in [0.717, 1.165) is 5.56 Å². The number of furan rings is 1. The van der Waals surface area contributed by atoms with Gasteiger partial charge in [0.1, 0.15) is 11.3 Å². The van der Waals surface area contributed by atoms with Crippen molar-refractivity contribution in [2.45, 2.75) is 31.6 Å². The highest BCUT2D eigenvalue weighted by atomic mass is 35.5. The number of halogens is 1. The van der Waals surface area contributed by atoms with Crippen molar-refractivity contribution < 1.29 is 22.4 Å². The first-order valence-electron chi connectivity index (χ1n) is 13.8. The van der Waals surface area contributed by atoms with Gasteiger partial charge in [0.15, 0.2) is 0 Å². The molecule has 0 amide bonds. The van der Waals surface area contributed by atoms with Crippen LogP contribution in [0.15, 0.2) is 112 Å². The number of rotatable bonds is 8. The Hall–Kier alpha value is -4.86. The fraction of sp³-hybridized carbons (Fsp3) is 0.118. The van der Waals surface area contributed by atoms with Gasteiger partial charge >= 0.3 is 5.97 Å². The van der Waals surface area contributed by atoms with E-state index in [4.69, 9.17) is 25.9 Å². The number of ether oxygens (including phenoxy) is 1. The van der Waals surface area contributed by atoms with Crippen molar-refractivity contribution >= 4 is 44.3 Å². The van der Waals surface area contributed by atoms with Gasteiger partial charge in [0.25, 0.3) is 10.0 Å². The first-order chi connectivity index (χ1) is 21.1. The quantitative estimate of drug-likeness (QED) is 0.173. The molecular formula is C34H28ClN3O5S. The van der Waals surface area contributed by atoms with Crippen LogP contribution in [0.25, 0.3) is 16.7 Å². The SMILES string of the molecule is CC(=O)Oc1c(C(c2ccc(Cl)cc2)c2oc3ccccc3c2NS(=O)(=O)c2ccc(C)cc2)c(C)nn1-c1ccccc1. The maximum absolute atomic E-state index is 13.8. The lowest BCUT2D eigenvalue weighted by Crippen LogP contribution is -2.16. The number of carbonyl (C=O) groups is 1. The van der Waals surface area contributed by atoms with E-state index in [2.05, 4.69) is 4.72 Å². The summed E-state index contributed by atoms with van der Waals surface area (Å²) in [4.78, 5) is 12.6. The minimum atomic E-state index is -4.03. The van der Waals surface area contributed by atoms with E-state index in [0.29, 0.717) is 44.3 Å². The third-order valence-corrected chi connectivity index (χ3v) is 8.87. The highest BCUT2D eigenvalue weighted by Crippen LogP contribution is 2.47. The molecule has 0 aliphatic rings. The molecule has 6 rings (SSSR count). The average Bonchev–Trinajstić information content (AvgIpc) is 3.51. The maximum Gasteiger partial charge on any atom is 0.309 e. The van der Waals surface area contributed by atoms with E-state index in [-0.39, 0.29) is 16.5 Å². The molecule has 44 heavy (non-hydrogen) atoms. The second kappa shape index (κ2) is 11.7. The van der Waals surface area contributed by atoms with E-state index >= 15 is 0 Å². The number of fused-ring (bicyclic) bond motifs is 1. The molecule has 10 heteroatoms. The number of esters is 1. The van der Waals surface area contributed by atoms with Crippen molar-refractivity contribution in [3.63, 3.8) is 0 Å². The first-order valence-corrected chi connectivity index (χ1v) is 15.7. The van der Waals surface area contributed by atoms with Gasteiger partial charge in [0, 0.05) is 17.3 Å². The van der Waals surface area contributed by atoms with Gasteiger partial charge in [-0.3, -0.25) is 9.52 Å². The lowest BCUT2D eigenvalue weighted by molar-refractivity contribution is -0.132. The van der Waals surface area contributed by atoms with Crippen LogP contribution in [0, 0.1) is 13.8 Å². The summed E-state index contributed by atoms with van der Waals surface area (Å²) in [6.07, 6.45) is 0. The predicted molar refractivity (Wildman–Crippen MR) is 170 cm³/mol. The molecule has 0 fully saturated rings.